The van der Waals surface area contributed by atoms with Crippen molar-refractivity contribution in [1.82, 2.24) is 4.90 Å². The number of halogens is 1. The first kappa shape index (κ1) is 13.7. The van der Waals surface area contributed by atoms with Gasteiger partial charge in [-0.15, -0.1) is 0 Å². The normalized spacial score (nSPS) is 11.0. The van der Waals surface area contributed by atoms with E-state index in [1.165, 1.54) is 5.56 Å². The summed E-state index contributed by atoms with van der Waals surface area (Å²) in [7, 11) is 2.14. The summed E-state index contributed by atoms with van der Waals surface area (Å²) in [5.74, 6) is 0. The van der Waals surface area contributed by atoms with Crippen LogP contribution in [0.3, 0.4) is 0 Å². The zero-order valence-corrected chi connectivity index (χ0v) is 11.4. The Hall–Kier alpha value is -0.380. The Morgan fingerprint density at radius 3 is 2.44 bits per heavy atom. The number of unbranched alkanes of at least 4 members (excludes halogenated alkanes) is 2. The maximum absolute atomic E-state index is 8.67. The molecule has 0 bridgehead atoms. The van der Waals surface area contributed by atoms with Gasteiger partial charge < -0.3 is 10.0 Å². The zero-order valence-electron chi connectivity index (χ0n) is 9.82. The summed E-state index contributed by atoms with van der Waals surface area (Å²) in [4.78, 5) is 2.32. The molecule has 0 unspecified atom stereocenters. The van der Waals surface area contributed by atoms with Crippen LogP contribution in [0.1, 0.15) is 24.8 Å². The predicted molar refractivity (Wildman–Crippen MR) is 71.4 cm³/mol. The highest BCUT2D eigenvalue weighted by Crippen LogP contribution is 2.12. The Bertz CT molecular complexity index is 286. The second kappa shape index (κ2) is 7.82. The first-order valence-electron chi connectivity index (χ1n) is 5.76. The molecule has 90 valence electrons. The molecule has 0 aliphatic rings. The third-order valence-corrected chi connectivity index (χ3v) is 3.09. The van der Waals surface area contributed by atoms with E-state index in [-0.39, 0.29) is 0 Å². The van der Waals surface area contributed by atoms with E-state index in [9.17, 15) is 0 Å². The molecule has 0 saturated carbocycles. The van der Waals surface area contributed by atoms with E-state index < -0.39 is 0 Å². The molecule has 1 rings (SSSR count). The topological polar surface area (TPSA) is 23.5 Å². The van der Waals surface area contributed by atoms with Gasteiger partial charge in [0, 0.05) is 17.6 Å². The molecule has 2 nitrogen and oxygen atoms in total. The molecule has 0 amide bonds. The molecule has 0 fully saturated rings. The lowest BCUT2D eigenvalue weighted by molar-refractivity contribution is 0.271. The molecule has 0 saturated heterocycles. The van der Waals surface area contributed by atoms with Gasteiger partial charge in [0.25, 0.3) is 0 Å². The standard InChI is InChI=1S/C13H20BrNO/c1-15(9-3-2-4-10-16)11-12-5-7-13(14)8-6-12/h5-8,16H,2-4,9-11H2,1H3. The Balaban J connectivity index is 2.23. The summed E-state index contributed by atoms with van der Waals surface area (Å²) < 4.78 is 1.13. The summed E-state index contributed by atoms with van der Waals surface area (Å²) in [6.07, 6.45) is 3.20. The molecule has 0 aromatic heterocycles. The van der Waals surface area contributed by atoms with E-state index in [0.29, 0.717) is 6.61 Å². The van der Waals surface area contributed by atoms with Gasteiger partial charge >= 0.3 is 0 Å². The van der Waals surface area contributed by atoms with E-state index in [2.05, 4.69) is 52.1 Å². The summed E-state index contributed by atoms with van der Waals surface area (Å²) in [6, 6.07) is 8.45. The molecule has 0 spiro atoms. The number of benzene rings is 1. The molecule has 0 atom stereocenters. The van der Waals surface area contributed by atoms with Crippen LogP contribution < -0.4 is 0 Å². The molecule has 0 aliphatic carbocycles. The number of rotatable bonds is 7. The van der Waals surface area contributed by atoms with Crippen LogP contribution in [0.2, 0.25) is 0 Å². The highest BCUT2D eigenvalue weighted by atomic mass is 79.9. The fraction of sp³-hybridized carbons (Fsp3) is 0.538. The van der Waals surface area contributed by atoms with Crippen molar-refractivity contribution in [3.63, 3.8) is 0 Å². The van der Waals surface area contributed by atoms with Crippen LogP contribution in [0.4, 0.5) is 0 Å². The van der Waals surface area contributed by atoms with Gasteiger partial charge in [0.1, 0.15) is 0 Å². The van der Waals surface area contributed by atoms with E-state index in [0.717, 1.165) is 36.8 Å². The van der Waals surface area contributed by atoms with Crippen molar-refractivity contribution in [2.75, 3.05) is 20.2 Å². The molecule has 0 radical (unpaired) electrons. The van der Waals surface area contributed by atoms with Gasteiger partial charge in [-0.1, -0.05) is 28.1 Å². The molecular weight excluding hydrogens is 266 g/mol. The molecular formula is C13H20BrNO. The minimum Gasteiger partial charge on any atom is -0.396 e. The minimum atomic E-state index is 0.316. The Labute approximate surface area is 106 Å². The van der Waals surface area contributed by atoms with Gasteiger partial charge in [-0.25, -0.2) is 0 Å². The van der Waals surface area contributed by atoms with Crippen molar-refractivity contribution in [1.29, 1.82) is 0 Å². The second-order valence-electron chi connectivity index (χ2n) is 4.15. The highest BCUT2D eigenvalue weighted by Gasteiger charge is 2.00. The van der Waals surface area contributed by atoms with Gasteiger partial charge in [-0.05, 0) is 50.6 Å². The molecule has 1 N–H and O–H groups in total. The Morgan fingerprint density at radius 1 is 1.12 bits per heavy atom. The van der Waals surface area contributed by atoms with Crippen molar-refractivity contribution in [2.45, 2.75) is 25.8 Å². The largest absolute Gasteiger partial charge is 0.396 e. The lowest BCUT2D eigenvalue weighted by Crippen LogP contribution is -2.19. The molecule has 1 aromatic carbocycles. The lowest BCUT2D eigenvalue weighted by Gasteiger charge is -2.16. The number of hydrogen-bond donors (Lipinski definition) is 1. The minimum absolute atomic E-state index is 0.316. The summed E-state index contributed by atoms with van der Waals surface area (Å²) in [5, 5.41) is 8.67. The molecule has 3 heteroatoms. The van der Waals surface area contributed by atoms with Crippen LogP contribution in [-0.2, 0) is 6.54 Å². The average Bonchev–Trinajstić information content (AvgIpc) is 2.28. The smallest absolute Gasteiger partial charge is 0.0431 e. The van der Waals surface area contributed by atoms with Gasteiger partial charge in [0.05, 0.1) is 0 Å². The van der Waals surface area contributed by atoms with Gasteiger partial charge in [-0.3, -0.25) is 0 Å². The third kappa shape index (κ3) is 5.64. The highest BCUT2D eigenvalue weighted by molar-refractivity contribution is 9.10. The lowest BCUT2D eigenvalue weighted by atomic mass is 10.2. The second-order valence-corrected chi connectivity index (χ2v) is 5.06. The monoisotopic (exact) mass is 285 g/mol. The van der Waals surface area contributed by atoms with Crippen molar-refractivity contribution >= 4 is 15.9 Å². The van der Waals surface area contributed by atoms with Crippen molar-refractivity contribution in [2.24, 2.45) is 0 Å². The van der Waals surface area contributed by atoms with Crippen molar-refractivity contribution < 1.29 is 5.11 Å². The average molecular weight is 286 g/mol. The van der Waals surface area contributed by atoms with Crippen LogP contribution in [0.15, 0.2) is 28.7 Å². The van der Waals surface area contributed by atoms with Crippen LogP contribution in [0.25, 0.3) is 0 Å². The number of hydrogen-bond acceptors (Lipinski definition) is 2. The number of aliphatic hydroxyl groups is 1. The quantitative estimate of drug-likeness (QED) is 0.779. The fourth-order valence-corrected chi connectivity index (χ4v) is 1.92. The van der Waals surface area contributed by atoms with E-state index in [4.69, 9.17) is 5.11 Å². The van der Waals surface area contributed by atoms with Crippen LogP contribution >= 0.6 is 15.9 Å². The maximum Gasteiger partial charge on any atom is 0.0431 e. The molecule has 0 aliphatic heterocycles. The summed E-state index contributed by atoms with van der Waals surface area (Å²) in [6.45, 7) is 2.40. The Morgan fingerprint density at radius 2 is 1.81 bits per heavy atom. The molecule has 1 aromatic rings. The first-order valence-corrected chi connectivity index (χ1v) is 6.55. The van der Waals surface area contributed by atoms with Gasteiger partial charge in [0.15, 0.2) is 0 Å². The SMILES string of the molecule is CN(CCCCCO)Cc1ccc(Br)cc1. The van der Waals surface area contributed by atoms with E-state index >= 15 is 0 Å². The fourth-order valence-electron chi connectivity index (χ4n) is 1.65. The van der Waals surface area contributed by atoms with Crippen LogP contribution in [0, 0.1) is 0 Å². The molecule has 0 heterocycles. The van der Waals surface area contributed by atoms with E-state index in [1.807, 2.05) is 0 Å². The van der Waals surface area contributed by atoms with Gasteiger partial charge in [-0.2, -0.15) is 0 Å². The van der Waals surface area contributed by atoms with Crippen LogP contribution in [-0.4, -0.2) is 30.2 Å². The zero-order chi connectivity index (χ0) is 11.8. The number of nitrogens with zero attached hydrogens (tertiary/aromatic N) is 1. The summed E-state index contributed by atoms with van der Waals surface area (Å²) >= 11 is 3.43. The van der Waals surface area contributed by atoms with Crippen molar-refractivity contribution in [3.8, 4) is 0 Å². The summed E-state index contributed by atoms with van der Waals surface area (Å²) in [5.41, 5.74) is 1.34. The predicted octanol–water partition coefficient (Wildman–Crippen LogP) is 3.04. The maximum atomic E-state index is 8.67. The van der Waals surface area contributed by atoms with Gasteiger partial charge in [0.2, 0.25) is 0 Å². The van der Waals surface area contributed by atoms with Crippen molar-refractivity contribution in [3.05, 3.63) is 34.3 Å². The molecule has 16 heavy (non-hydrogen) atoms. The number of aliphatic hydroxyl groups excluding tert-OH is 1. The third-order valence-electron chi connectivity index (χ3n) is 2.56. The first-order chi connectivity index (χ1) is 7.72. The van der Waals surface area contributed by atoms with E-state index in [1.54, 1.807) is 0 Å². The van der Waals surface area contributed by atoms with Crippen LogP contribution in [0.5, 0.6) is 0 Å². The Kier molecular flexibility index (Phi) is 6.69.